The average Bonchev–Trinajstić information content (AvgIpc) is 2.26. The van der Waals surface area contributed by atoms with Gasteiger partial charge in [-0.2, -0.15) is 0 Å². The fourth-order valence-electron chi connectivity index (χ4n) is 1.48. The van der Waals surface area contributed by atoms with Crippen molar-refractivity contribution >= 4 is 27.8 Å². The smallest absolute Gasteiger partial charge is 0.410 e. The van der Waals surface area contributed by atoms with E-state index < -0.39 is 11.7 Å². The lowest BCUT2D eigenvalue weighted by Crippen LogP contribution is -2.37. The van der Waals surface area contributed by atoms with Crippen molar-refractivity contribution in [2.45, 2.75) is 32.8 Å². The molecule has 1 aromatic rings. The van der Waals surface area contributed by atoms with Crippen LogP contribution in [0.2, 0.25) is 0 Å². The maximum atomic E-state index is 11.9. The molecule has 1 heterocycles. The van der Waals surface area contributed by atoms with Gasteiger partial charge in [0.05, 0.1) is 13.0 Å². The molecule has 0 saturated heterocycles. The molecular weight excluding hydrogens is 324 g/mol. The number of halogens is 1. The zero-order valence-electron chi connectivity index (χ0n) is 12.1. The first-order valence-corrected chi connectivity index (χ1v) is 7.04. The van der Waals surface area contributed by atoms with E-state index in [0.29, 0.717) is 10.3 Å². The van der Waals surface area contributed by atoms with Crippen molar-refractivity contribution in [3.8, 4) is 0 Å². The van der Waals surface area contributed by atoms with Gasteiger partial charge in [0.15, 0.2) is 5.78 Å². The predicted octanol–water partition coefficient (Wildman–Crippen LogP) is 2.82. The van der Waals surface area contributed by atoms with Crippen LogP contribution in [0.25, 0.3) is 0 Å². The molecule has 0 N–H and O–H groups in total. The molecule has 0 bridgehead atoms. The summed E-state index contributed by atoms with van der Waals surface area (Å²) >= 11 is 3.25. The third kappa shape index (κ3) is 6.14. The van der Waals surface area contributed by atoms with Crippen LogP contribution in [-0.4, -0.2) is 41.0 Å². The van der Waals surface area contributed by atoms with Crippen molar-refractivity contribution in [1.29, 1.82) is 0 Å². The van der Waals surface area contributed by atoms with E-state index in [4.69, 9.17) is 4.74 Å². The van der Waals surface area contributed by atoms with Gasteiger partial charge in [-0.25, -0.2) is 9.78 Å². The Morgan fingerprint density at radius 3 is 2.55 bits per heavy atom. The lowest BCUT2D eigenvalue weighted by atomic mass is 10.2. The molecule has 1 aromatic heterocycles. The molecule has 1 rings (SSSR count). The van der Waals surface area contributed by atoms with Crippen LogP contribution < -0.4 is 0 Å². The summed E-state index contributed by atoms with van der Waals surface area (Å²) < 4.78 is 5.86. The van der Waals surface area contributed by atoms with Gasteiger partial charge in [0.1, 0.15) is 10.2 Å². The van der Waals surface area contributed by atoms with Crippen LogP contribution in [0.5, 0.6) is 0 Å². The van der Waals surface area contributed by atoms with E-state index in [0.717, 1.165) is 0 Å². The number of rotatable bonds is 4. The minimum atomic E-state index is -0.569. The number of hydrogen-bond acceptors (Lipinski definition) is 4. The SMILES string of the molecule is CN(CC(=O)Cc1cccc(Br)n1)C(=O)OC(C)(C)C. The van der Waals surface area contributed by atoms with Crippen LogP contribution in [0.3, 0.4) is 0 Å². The molecule has 0 saturated carbocycles. The summed E-state index contributed by atoms with van der Waals surface area (Å²) in [7, 11) is 1.54. The van der Waals surface area contributed by atoms with Gasteiger partial charge in [-0.05, 0) is 48.8 Å². The Morgan fingerprint density at radius 2 is 2.00 bits per heavy atom. The second-order valence-corrected chi connectivity index (χ2v) is 6.32. The molecule has 0 fully saturated rings. The highest BCUT2D eigenvalue weighted by atomic mass is 79.9. The van der Waals surface area contributed by atoms with Gasteiger partial charge in [0.2, 0.25) is 0 Å². The summed E-state index contributed by atoms with van der Waals surface area (Å²) in [5, 5.41) is 0. The number of pyridine rings is 1. The third-order valence-corrected chi connectivity index (χ3v) is 2.71. The van der Waals surface area contributed by atoms with Crippen LogP contribution in [0.1, 0.15) is 26.5 Å². The monoisotopic (exact) mass is 342 g/mol. The number of carbonyl (C=O) groups is 2. The zero-order valence-corrected chi connectivity index (χ0v) is 13.7. The number of ketones is 1. The predicted molar refractivity (Wildman–Crippen MR) is 79.5 cm³/mol. The molecule has 0 unspecified atom stereocenters. The first kappa shape index (κ1) is 16.6. The van der Waals surface area contributed by atoms with E-state index in [1.54, 1.807) is 40.0 Å². The number of Topliss-reactive ketones (excluding diaryl/α,β-unsaturated/α-hetero) is 1. The topological polar surface area (TPSA) is 59.5 Å². The summed E-state index contributed by atoms with van der Waals surface area (Å²) in [6.07, 6.45) is -0.319. The molecule has 6 heteroatoms. The standard InChI is InChI=1S/C14H19BrN2O3/c1-14(2,3)20-13(19)17(4)9-11(18)8-10-6-5-7-12(15)16-10/h5-7H,8-9H2,1-4H3. The fraction of sp³-hybridized carbons (Fsp3) is 0.500. The summed E-state index contributed by atoms with van der Waals surface area (Å²) in [6.45, 7) is 5.35. The zero-order chi connectivity index (χ0) is 15.3. The maximum absolute atomic E-state index is 11.9. The molecular formula is C14H19BrN2O3. The number of nitrogens with zero attached hydrogens (tertiary/aromatic N) is 2. The lowest BCUT2D eigenvalue weighted by Gasteiger charge is -2.24. The van der Waals surface area contributed by atoms with E-state index in [1.165, 1.54) is 4.90 Å². The van der Waals surface area contributed by atoms with E-state index in [9.17, 15) is 9.59 Å². The van der Waals surface area contributed by atoms with E-state index in [2.05, 4.69) is 20.9 Å². The molecule has 110 valence electrons. The summed E-state index contributed by atoms with van der Waals surface area (Å²) in [4.78, 5) is 29.1. The van der Waals surface area contributed by atoms with E-state index in [-0.39, 0.29) is 18.7 Å². The van der Waals surface area contributed by atoms with E-state index in [1.807, 2.05) is 6.07 Å². The van der Waals surface area contributed by atoms with Crippen LogP contribution in [0, 0.1) is 0 Å². The Balaban J connectivity index is 2.52. The largest absolute Gasteiger partial charge is 0.444 e. The first-order valence-electron chi connectivity index (χ1n) is 6.24. The molecule has 0 aromatic carbocycles. The Hall–Kier alpha value is -1.43. The highest BCUT2D eigenvalue weighted by Gasteiger charge is 2.21. The highest BCUT2D eigenvalue weighted by molar-refractivity contribution is 9.10. The molecule has 0 radical (unpaired) electrons. The van der Waals surface area contributed by atoms with Crippen LogP contribution >= 0.6 is 15.9 Å². The Bertz CT molecular complexity index is 497. The summed E-state index contributed by atoms with van der Waals surface area (Å²) in [6, 6.07) is 5.38. The van der Waals surface area contributed by atoms with Crippen LogP contribution in [0.15, 0.2) is 22.8 Å². The average molecular weight is 343 g/mol. The number of ether oxygens (including phenoxy) is 1. The summed E-state index contributed by atoms with van der Waals surface area (Å²) in [5.41, 5.74) is 0.0993. The number of carbonyl (C=O) groups excluding carboxylic acids is 2. The molecule has 0 aliphatic rings. The summed E-state index contributed by atoms with van der Waals surface area (Å²) in [5.74, 6) is -0.0936. The van der Waals surface area contributed by atoms with Gasteiger partial charge >= 0.3 is 6.09 Å². The lowest BCUT2D eigenvalue weighted by molar-refractivity contribution is -0.119. The molecule has 1 amide bonds. The third-order valence-electron chi connectivity index (χ3n) is 2.27. The van der Waals surface area contributed by atoms with Crippen LogP contribution in [0.4, 0.5) is 4.79 Å². The number of hydrogen-bond donors (Lipinski definition) is 0. The minimum absolute atomic E-state index is 0.00308. The number of likely N-dealkylation sites (N-methyl/N-ethyl adjacent to an activating group) is 1. The van der Waals surface area contributed by atoms with Crippen molar-refractivity contribution in [3.63, 3.8) is 0 Å². The molecule has 0 atom stereocenters. The Labute approximate surface area is 127 Å². The van der Waals surface area contributed by atoms with Crippen molar-refractivity contribution in [3.05, 3.63) is 28.5 Å². The fourth-order valence-corrected chi connectivity index (χ4v) is 1.86. The second-order valence-electron chi connectivity index (χ2n) is 5.50. The van der Waals surface area contributed by atoms with Crippen LogP contribution in [-0.2, 0) is 16.0 Å². The van der Waals surface area contributed by atoms with Crippen molar-refractivity contribution in [1.82, 2.24) is 9.88 Å². The van der Waals surface area contributed by atoms with Gasteiger partial charge < -0.3 is 9.64 Å². The number of amides is 1. The van der Waals surface area contributed by atoms with E-state index >= 15 is 0 Å². The van der Waals surface area contributed by atoms with Gasteiger partial charge in [-0.3, -0.25) is 4.79 Å². The molecule has 0 spiro atoms. The van der Waals surface area contributed by atoms with Crippen molar-refractivity contribution < 1.29 is 14.3 Å². The Kier molecular flexibility index (Phi) is 5.68. The first-order chi connectivity index (χ1) is 9.17. The molecule has 5 nitrogen and oxygen atoms in total. The quantitative estimate of drug-likeness (QED) is 0.789. The van der Waals surface area contributed by atoms with Gasteiger partial charge in [0, 0.05) is 12.7 Å². The van der Waals surface area contributed by atoms with Gasteiger partial charge in [-0.1, -0.05) is 6.07 Å². The maximum Gasteiger partial charge on any atom is 0.410 e. The molecule has 0 aliphatic carbocycles. The molecule has 20 heavy (non-hydrogen) atoms. The normalized spacial score (nSPS) is 11.1. The van der Waals surface area contributed by atoms with Crippen molar-refractivity contribution in [2.75, 3.05) is 13.6 Å². The van der Waals surface area contributed by atoms with Gasteiger partial charge in [0.25, 0.3) is 0 Å². The Morgan fingerprint density at radius 1 is 1.35 bits per heavy atom. The minimum Gasteiger partial charge on any atom is -0.444 e. The van der Waals surface area contributed by atoms with Crippen molar-refractivity contribution in [2.24, 2.45) is 0 Å². The molecule has 0 aliphatic heterocycles. The van der Waals surface area contributed by atoms with Gasteiger partial charge in [-0.15, -0.1) is 0 Å². The highest BCUT2D eigenvalue weighted by Crippen LogP contribution is 2.10. The number of aromatic nitrogens is 1. The second kappa shape index (κ2) is 6.83.